The van der Waals surface area contributed by atoms with Crippen LogP contribution in [0.5, 0.6) is 23.0 Å². The maximum Gasteiger partial charge on any atom is 0.261 e. The van der Waals surface area contributed by atoms with Crippen LogP contribution in [0.2, 0.25) is 0 Å². The van der Waals surface area contributed by atoms with Crippen molar-refractivity contribution in [3.05, 3.63) is 47.5 Å². The molecule has 7 heteroatoms. The molecule has 2 aromatic carbocycles. The van der Waals surface area contributed by atoms with Gasteiger partial charge in [-0.2, -0.15) is 5.26 Å². The highest BCUT2D eigenvalue weighted by atomic mass is 16.6. The molecule has 0 bridgehead atoms. The number of fused-ring (bicyclic) bond motifs is 1. The third-order valence-electron chi connectivity index (χ3n) is 5.17. The van der Waals surface area contributed by atoms with Gasteiger partial charge in [-0.15, -0.1) is 0 Å². The predicted octanol–water partition coefficient (Wildman–Crippen LogP) is 3.08. The number of hydrogen-bond acceptors (Lipinski definition) is 6. The molecule has 2 heterocycles. The molecule has 0 spiro atoms. The number of benzene rings is 2. The molecule has 2 aliphatic rings. The van der Waals surface area contributed by atoms with Gasteiger partial charge in [0, 0.05) is 12.6 Å². The Morgan fingerprint density at radius 1 is 1.17 bits per heavy atom. The molecule has 0 aromatic heterocycles. The van der Waals surface area contributed by atoms with Gasteiger partial charge in [0.05, 0.1) is 24.8 Å². The van der Waals surface area contributed by atoms with Gasteiger partial charge in [0.1, 0.15) is 13.2 Å². The van der Waals surface area contributed by atoms with Crippen molar-refractivity contribution in [1.82, 2.24) is 4.90 Å². The highest BCUT2D eigenvalue weighted by Crippen LogP contribution is 2.38. The Morgan fingerprint density at radius 3 is 2.79 bits per heavy atom. The molecule has 1 fully saturated rings. The van der Waals surface area contributed by atoms with E-state index in [2.05, 4.69) is 6.07 Å². The zero-order valence-electron chi connectivity index (χ0n) is 16.2. The second-order valence-corrected chi connectivity index (χ2v) is 6.91. The number of ether oxygens (including phenoxy) is 4. The molecule has 7 nitrogen and oxygen atoms in total. The molecule has 0 aliphatic carbocycles. The van der Waals surface area contributed by atoms with Crippen molar-refractivity contribution in [2.75, 3.05) is 33.5 Å². The van der Waals surface area contributed by atoms with Crippen LogP contribution >= 0.6 is 0 Å². The molecule has 0 saturated carbocycles. The summed E-state index contributed by atoms with van der Waals surface area (Å²) in [6.45, 7) is 1.68. The Bertz CT molecular complexity index is 953. The van der Waals surface area contributed by atoms with Crippen LogP contribution < -0.4 is 18.9 Å². The minimum atomic E-state index is -0.0939. The molecule has 2 aromatic rings. The molecule has 0 N–H and O–H groups in total. The van der Waals surface area contributed by atoms with E-state index in [1.807, 2.05) is 23.1 Å². The lowest BCUT2D eigenvalue weighted by Gasteiger charge is -2.27. The van der Waals surface area contributed by atoms with Gasteiger partial charge in [0.25, 0.3) is 5.91 Å². The Hall–Kier alpha value is -3.40. The van der Waals surface area contributed by atoms with Crippen LogP contribution in [0.1, 0.15) is 30.0 Å². The van der Waals surface area contributed by atoms with Gasteiger partial charge in [-0.3, -0.25) is 4.79 Å². The average Bonchev–Trinajstić information content (AvgIpc) is 3.27. The average molecular weight is 394 g/mol. The minimum absolute atomic E-state index is 0.00946. The zero-order chi connectivity index (χ0) is 20.2. The summed E-state index contributed by atoms with van der Waals surface area (Å²) in [5, 5.41) is 9.00. The number of methoxy groups -OCH3 is 1. The Balaban J connectivity index is 1.45. The van der Waals surface area contributed by atoms with E-state index in [1.54, 1.807) is 18.2 Å². The van der Waals surface area contributed by atoms with E-state index in [9.17, 15) is 4.79 Å². The van der Waals surface area contributed by atoms with Crippen LogP contribution in [-0.2, 0) is 4.79 Å². The Labute approximate surface area is 169 Å². The van der Waals surface area contributed by atoms with Crippen molar-refractivity contribution in [2.45, 2.75) is 18.9 Å². The van der Waals surface area contributed by atoms with Gasteiger partial charge in [0.2, 0.25) is 0 Å². The SMILES string of the molecule is COc1cc(C#N)ccc1OCC(=O)N1CCCC1c1ccc2c(c1)OCCO2. The molecular formula is C22H22N2O5. The van der Waals surface area contributed by atoms with Crippen LogP contribution in [0.15, 0.2) is 36.4 Å². The van der Waals surface area contributed by atoms with Crippen LogP contribution in [0, 0.1) is 11.3 Å². The number of amides is 1. The van der Waals surface area contributed by atoms with Crippen molar-refractivity contribution in [1.29, 1.82) is 5.26 Å². The van der Waals surface area contributed by atoms with Gasteiger partial charge in [-0.25, -0.2) is 0 Å². The lowest BCUT2D eigenvalue weighted by Crippen LogP contribution is -2.34. The van der Waals surface area contributed by atoms with Crippen molar-refractivity contribution in [3.63, 3.8) is 0 Å². The predicted molar refractivity (Wildman–Crippen MR) is 104 cm³/mol. The summed E-state index contributed by atoms with van der Waals surface area (Å²) >= 11 is 0. The molecule has 1 atom stereocenters. The number of carbonyl (C=O) groups is 1. The second kappa shape index (κ2) is 8.31. The molecule has 4 rings (SSSR count). The van der Waals surface area contributed by atoms with Crippen molar-refractivity contribution in [2.24, 2.45) is 0 Å². The number of nitrogens with zero attached hydrogens (tertiary/aromatic N) is 2. The lowest BCUT2D eigenvalue weighted by molar-refractivity contribution is -0.134. The highest BCUT2D eigenvalue weighted by molar-refractivity contribution is 5.78. The van der Waals surface area contributed by atoms with E-state index in [0.29, 0.717) is 36.8 Å². The molecule has 0 radical (unpaired) electrons. The molecule has 2 aliphatic heterocycles. The molecule has 1 amide bonds. The fraction of sp³-hybridized carbons (Fsp3) is 0.364. The monoisotopic (exact) mass is 394 g/mol. The number of likely N-dealkylation sites (tertiary alicyclic amines) is 1. The van der Waals surface area contributed by atoms with Gasteiger partial charge in [-0.1, -0.05) is 6.07 Å². The normalized spacial score (nSPS) is 17.5. The van der Waals surface area contributed by atoms with E-state index in [4.69, 9.17) is 24.2 Å². The van der Waals surface area contributed by atoms with Gasteiger partial charge in [-0.05, 0) is 42.7 Å². The first-order valence-electron chi connectivity index (χ1n) is 9.59. The van der Waals surface area contributed by atoms with E-state index in [0.717, 1.165) is 29.9 Å². The van der Waals surface area contributed by atoms with Crippen LogP contribution in [0.25, 0.3) is 0 Å². The number of carbonyl (C=O) groups excluding carboxylic acids is 1. The summed E-state index contributed by atoms with van der Waals surface area (Å²) in [7, 11) is 1.50. The molecule has 150 valence electrons. The third kappa shape index (κ3) is 3.92. The number of rotatable bonds is 5. The first-order chi connectivity index (χ1) is 14.2. The van der Waals surface area contributed by atoms with Gasteiger partial charge < -0.3 is 23.8 Å². The van der Waals surface area contributed by atoms with Crippen molar-refractivity contribution in [3.8, 4) is 29.1 Å². The molecule has 1 saturated heterocycles. The van der Waals surface area contributed by atoms with Crippen LogP contribution in [0.3, 0.4) is 0 Å². The fourth-order valence-electron chi connectivity index (χ4n) is 3.76. The summed E-state index contributed by atoms with van der Waals surface area (Å²) in [5.41, 5.74) is 1.51. The summed E-state index contributed by atoms with van der Waals surface area (Å²) in [4.78, 5) is 14.7. The largest absolute Gasteiger partial charge is 0.493 e. The lowest BCUT2D eigenvalue weighted by atomic mass is 10.0. The van der Waals surface area contributed by atoms with Gasteiger partial charge >= 0.3 is 0 Å². The maximum absolute atomic E-state index is 12.9. The summed E-state index contributed by atoms with van der Waals surface area (Å²) in [6, 6.07) is 12.8. The first kappa shape index (κ1) is 18.9. The summed E-state index contributed by atoms with van der Waals surface area (Å²) in [6.07, 6.45) is 1.83. The first-order valence-corrected chi connectivity index (χ1v) is 9.59. The van der Waals surface area contributed by atoms with E-state index < -0.39 is 0 Å². The van der Waals surface area contributed by atoms with Gasteiger partial charge in [0.15, 0.2) is 29.6 Å². The summed E-state index contributed by atoms with van der Waals surface area (Å²) in [5.74, 6) is 2.25. The third-order valence-corrected chi connectivity index (χ3v) is 5.17. The quantitative estimate of drug-likeness (QED) is 0.775. The fourth-order valence-corrected chi connectivity index (χ4v) is 3.76. The Morgan fingerprint density at radius 2 is 2.00 bits per heavy atom. The van der Waals surface area contributed by atoms with Crippen molar-refractivity contribution >= 4 is 5.91 Å². The Kier molecular flexibility index (Phi) is 5.43. The molecule has 1 unspecified atom stereocenters. The smallest absolute Gasteiger partial charge is 0.261 e. The van der Waals surface area contributed by atoms with E-state index in [-0.39, 0.29) is 18.6 Å². The molecular weight excluding hydrogens is 372 g/mol. The van der Waals surface area contributed by atoms with Crippen LogP contribution in [-0.4, -0.2) is 44.3 Å². The molecule has 29 heavy (non-hydrogen) atoms. The van der Waals surface area contributed by atoms with Crippen molar-refractivity contribution < 1.29 is 23.7 Å². The van der Waals surface area contributed by atoms with E-state index in [1.165, 1.54) is 7.11 Å². The zero-order valence-corrected chi connectivity index (χ0v) is 16.2. The maximum atomic E-state index is 12.9. The highest BCUT2D eigenvalue weighted by Gasteiger charge is 2.31. The minimum Gasteiger partial charge on any atom is -0.493 e. The second-order valence-electron chi connectivity index (χ2n) is 6.91. The number of hydrogen-bond donors (Lipinski definition) is 0. The standard InChI is InChI=1S/C22H22N2O5/c1-26-20-11-15(13-23)4-6-18(20)29-14-22(25)24-8-2-3-17(24)16-5-7-19-21(12-16)28-10-9-27-19/h4-7,11-12,17H,2-3,8-10,14H2,1H3. The topological polar surface area (TPSA) is 81.0 Å². The number of nitriles is 1. The summed E-state index contributed by atoms with van der Waals surface area (Å²) < 4.78 is 22.2. The van der Waals surface area contributed by atoms with Crippen LogP contribution in [0.4, 0.5) is 0 Å². The van der Waals surface area contributed by atoms with E-state index >= 15 is 0 Å².